The Labute approximate surface area is 141 Å². The molecule has 0 bridgehead atoms. The van der Waals surface area contributed by atoms with Crippen LogP contribution in [0.25, 0.3) is 0 Å². The molecule has 2 N–H and O–H groups in total. The molecule has 0 aliphatic heterocycles. The van der Waals surface area contributed by atoms with Crippen molar-refractivity contribution < 1.29 is 31.1 Å². The molecule has 0 atom stereocenters. The number of amides is 1. The number of carbonyl (C=O) groups is 1. The van der Waals surface area contributed by atoms with E-state index in [9.17, 15) is 26.4 Å². The van der Waals surface area contributed by atoms with Gasteiger partial charge in [-0.2, -0.15) is 0 Å². The molecular weight excluding hydrogens is 361 g/mol. The Morgan fingerprint density at radius 1 is 1.08 bits per heavy atom. The Bertz CT molecular complexity index is 882. The van der Waals surface area contributed by atoms with Crippen LogP contribution >= 0.6 is 0 Å². The highest BCUT2D eigenvalue weighted by Crippen LogP contribution is 2.30. The summed E-state index contributed by atoms with van der Waals surface area (Å²) in [5, 5.41) is 2.38. The van der Waals surface area contributed by atoms with E-state index < -0.39 is 32.9 Å². The van der Waals surface area contributed by atoms with E-state index in [2.05, 4.69) is 14.8 Å². The zero-order valence-corrected chi connectivity index (χ0v) is 13.6. The van der Waals surface area contributed by atoms with Crippen LogP contribution in [-0.4, -0.2) is 27.7 Å². The lowest BCUT2D eigenvalue weighted by Crippen LogP contribution is -2.21. The molecule has 0 radical (unpaired) electrons. The molecule has 0 saturated heterocycles. The average molecular weight is 374 g/mol. The minimum absolute atomic E-state index is 0.0166. The maximum absolute atomic E-state index is 12.4. The molecule has 0 heterocycles. The van der Waals surface area contributed by atoms with Crippen molar-refractivity contribution >= 4 is 21.6 Å². The fraction of sp³-hybridized carbons (Fsp3) is 0.133. The second-order valence-electron chi connectivity index (χ2n) is 4.76. The fourth-order valence-corrected chi connectivity index (χ4v) is 3.14. The number of sulfonamides is 1. The number of ether oxygens (including phenoxy) is 1. The first kappa shape index (κ1) is 18.6. The Kier molecular flexibility index (Phi) is 5.21. The number of hydrogen-bond acceptors (Lipinski definition) is 4. The van der Waals surface area contributed by atoms with Crippen LogP contribution in [0.15, 0.2) is 53.4 Å². The minimum atomic E-state index is -5.04. The molecule has 6 nitrogen and oxygen atoms in total. The highest BCUT2D eigenvalue weighted by atomic mass is 32.2. The van der Waals surface area contributed by atoms with Crippen LogP contribution in [0, 0.1) is 0 Å². The van der Waals surface area contributed by atoms with Crippen LogP contribution < -0.4 is 14.8 Å². The molecule has 0 aromatic heterocycles. The van der Waals surface area contributed by atoms with E-state index in [0.717, 1.165) is 12.1 Å². The van der Waals surface area contributed by atoms with Crippen LogP contribution in [0.4, 0.5) is 18.9 Å². The maximum Gasteiger partial charge on any atom is 0.573 e. The van der Waals surface area contributed by atoms with Crippen molar-refractivity contribution in [3.63, 3.8) is 0 Å². The first-order chi connectivity index (χ1) is 11.6. The minimum Gasteiger partial charge on any atom is -0.404 e. The van der Waals surface area contributed by atoms with E-state index in [1.807, 2.05) is 0 Å². The zero-order valence-electron chi connectivity index (χ0n) is 12.8. The SMILES string of the molecule is CNC(=O)c1cccc(NS(=O)(=O)c2ccccc2OC(F)(F)F)c1. The lowest BCUT2D eigenvalue weighted by atomic mass is 10.2. The van der Waals surface area contributed by atoms with Gasteiger partial charge in [-0.3, -0.25) is 9.52 Å². The molecule has 0 unspecified atom stereocenters. The van der Waals surface area contributed by atoms with Gasteiger partial charge >= 0.3 is 6.36 Å². The van der Waals surface area contributed by atoms with Crippen molar-refractivity contribution in [2.45, 2.75) is 11.3 Å². The van der Waals surface area contributed by atoms with Crippen LogP contribution in [0.1, 0.15) is 10.4 Å². The first-order valence-corrected chi connectivity index (χ1v) is 8.30. The Morgan fingerprint density at radius 3 is 2.40 bits per heavy atom. The first-order valence-electron chi connectivity index (χ1n) is 6.82. The maximum atomic E-state index is 12.4. The summed E-state index contributed by atoms with van der Waals surface area (Å²) >= 11 is 0. The highest BCUT2D eigenvalue weighted by Gasteiger charge is 2.34. The van der Waals surface area contributed by atoms with Gasteiger partial charge in [0, 0.05) is 18.3 Å². The largest absolute Gasteiger partial charge is 0.573 e. The van der Waals surface area contributed by atoms with E-state index in [1.54, 1.807) is 0 Å². The van der Waals surface area contributed by atoms with Gasteiger partial charge in [0.1, 0.15) is 10.6 Å². The van der Waals surface area contributed by atoms with Crippen molar-refractivity contribution in [2.24, 2.45) is 0 Å². The molecule has 2 aromatic rings. The summed E-state index contributed by atoms with van der Waals surface area (Å²) in [5.74, 6) is -1.30. The smallest absolute Gasteiger partial charge is 0.404 e. The summed E-state index contributed by atoms with van der Waals surface area (Å²) < 4.78 is 68.0. The number of nitrogens with one attached hydrogen (secondary N) is 2. The third-order valence-electron chi connectivity index (χ3n) is 2.97. The number of para-hydroxylation sites is 1. The molecular formula is C15H13F3N2O4S. The van der Waals surface area contributed by atoms with E-state index in [-0.39, 0.29) is 11.3 Å². The van der Waals surface area contributed by atoms with E-state index >= 15 is 0 Å². The third kappa shape index (κ3) is 4.86. The van der Waals surface area contributed by atoms with Gasteiger partial charge in [-0.25, -0.2) is 8.42 Å². The van der Waals surface area contributed by atoms with Gasteiger partial charge in [0.25, 0.3) is 15.9 Å². The molecule has 0 aliphatic carbocycles. The molecule has 0 fully saturated rings. The summed E-state index contributed by atoms with van der Waals surface area (Å²) in [6, 6.07) is 9.85. The topological polar surface area (TPSA) is 84.5 Å². The average Bonchev–Trinajstić information content (AvgIpc) is 2.52. The molecule has 0 saturated carbocycles. The van der Waals surface area contributed by atoms with Crippen LogP contribution in [0.3, 0.4) is 0 Å². The molecule has 134 valence electrons. The van der Waals surface area contributed by atoms with E-state index in [1.165, 1.54) is 43.4 Å². The fourth-order valence-electron chi connectivity index (χ4n) is 1.96. The van der Waals surface area contributed by atoms with Crippen molar-refractivity contribution in [1.29, 1.82) is 0 Å². The van der Waals surface area contributed by atoms with Crippen LogP contribution in [-0.2, 0) is 10.0 Å². The van der Waals surface area contributed by atoms with Gasteiger partial charge in [0.2, 0.25) is 0 Å². The highest BCUT2D eigenvalue weighted by molar-refractivity contribution is 7.92. The van der Waals surface area contributed by atoms with E-state index in [4.69, 9.17) is 0 Å². The molecule has 10 heteroatoms. The van der Waals surface area contributed by atoms with Gasteiger partial charge < -0.3 is 10.1 Å². The number of carbonyl (C=O) groups excluding carboxylic acids is 1. The molecule has 0 aliphatic rings. The normalized spacial score (nSPS) is 11.7. The predicted molar refractivity (Wildman–Crippen MR) is 83.8 cm³/mol. The summed E-state index contributed by atoms with van der Waals surface area (Å²) in [7, 11) is -2.97. The number of halogens is 3. The molecule has 0 spiro atoms. The molecule has 25 heavy (non-hydrogen) atoms. The van der Waals surface area contributed by atoms with Crippen LogP contribution in [0.5, 0.6) is 5.75 Å². The lowest BCUT2D eigenvalue weighted by Gasteiger charge is -2.14. The number of anilines is 1. The number of benzene rings is 2. The Balaban J connectivity index is 2.36. The van der Waals surface area contributed by atoms with Gasteiger partial charge in [-0.1, -0.05) is 18.2 Å². The van der Waals surface area contributed by atoms with Crippen LogP contribution in [0.2, 0.25) is 0 Å². The van der Waals surface area contributed by atoms with E-state index in [0.29, 0.717) is 0 Å². The van der Waals surface area contributed by atoms with Crippen molar-refractivity contribution in [3.8, 4) is 5.75 Å². The molecule has 2 aromatic carbocycles. The molecule has 1 amide bonds. The number of alkyl halides is 3. The monoisotopic (exact) mass is 374 g/mol. The van der Waals surface area contributed by atoms with Crippen molar-refractivity contribution in [1.82, 2.24) is 5.32 Å². The van der Waals surface area contributed by atoms with Gasteiger partial charge in [0.15, 0.2) is 0 Å². The lowest BCUT2D eigenvalue weighted by molar-refractivity contribution is -0.275. The standard InChI is InChI=1S/C15H13F3N2O4S/c1-19-14(21)10-5-4-6-11(9-10)20-25(22,23)13-8-3-2-7-12(13)24-15(16,17)18/h2-9,20H,1H3,(H,19,21). The van der Waals surface area contributed by atoms with Crippen molar-refractivity contribution in [3.05, 3.63) is 54.1 Å². The molecule has 2 rings (SSSR count). The predicted octanol–water partition coefficient (Wildman–Crippen LogP) is 2.75. The summed E-state index contributed by atoms with van der Waals surface area (Å²) in [6.07, 6.45) is -5.04. The number of hydrogen-bond donors (Lipinski definition) is 2. The van der Waals surface area contributed by atoms with Gasteiger partial charge in [-0.05, 0) is 30.3 Å². The van der Waals surface area contributed by atoms with Crippen molar-refractivity contribution in [2.75, 3.05) is 11.8 Å². The summed E-state index contributed by atoms with van der Waals surface area (Å²) in [5.41, 5.74) is 0.199. The van der Waals surface area contributed by atoms with Gasteiger partial charge in [-0.15, -0.1) is 13.2 Å². The Hall–Kier alpha value is -2.75. The van der Waals surface area contributed by atoms with Gasteiger partial charge in [0.05, 0.1) is 0 Å². The zero-order chi connectivity index (χ0) is 18.7. The summed E-state index contributed by atoms with van der Waals surface area (Å²) in [4.78, 5) is 10.9. The second kappa shape index (κ2) is 7.01. The number of rotatable bonds is 5. The second-order valence-corrected chi connectivity index (χ2v) is 6.41. The Morgan fingerprint density at radius 2 is 1.76 bits per heavy atom. The summed E-state index contributed by atoms with van der Waals surface area (Å²) in [6.45, 7) is 0. The third-order valence-corrected chi connectivity index (χ3v) is 4.39. The quantitative estimate of drug-likeness (QED) is 0.843.